The van der Waals surface area contributed by atoms with Crippen LogP contribution in [0.15, 0.2) is 72.9 Å². The van der Waals surface area contributed by atoms with Crippen molar-refractivity contribution in [1.29, 1.82) is 0 Å². The van der Waals surface area contributed by atoms with Crippen LogP contribution in [0.5, 0.6) is 0 Å². The van der Waals surface area contributed by atoms with Gasteiger partial charge in [-0.25, -0.2) is 4.57 Å². The highest BCUT2D eigenvalue weighted by Crippen LogP contribution is 2.43. The highest BCUT2D eigenvalue weighted by Gasteiger charge is 2.31. The summed E-state index contributed by atoms with van der Waals surface area (Å²) in [6.07, 6.45) is 58.4. The summed E-state index contributed by atoms with van der Waals surface area (Å²) in [6, 6.07) is -1.05. The van der Waals surface area contributed by atoms with Gasteiger partial charge in [0.05, 0.1) is 39.9 Å². The Hall–Kier alpha value is -2.10. The molecule has 4 unspecified atom stereocenters. The largest absolute Gasteiger partial charge is 0.472 e. The maximum atomic E-state index is 13.0. The van der Waals surface area contributed by atoms with Crippen molar-refractivity contribution in [2.75, 3.05) is 40.9 Å². The topological polar surface area (TPSA) is 125 Å². The van der Waals surface area contributed by atoms with Crippen LogP contribution in [0.1, 0.15) is 213 Å². The number of rotatable bonds is 47. The summed E-state index contributed by atoms with van der Waals surface area (Å²) in [4.78, 5) is 23.3. The molecule has 0 aliphatic carbocycles. The number of phosphoric acid groups is 1. The van der Waals surface area contributed by atoms with Gasteiger partial charge in [0.2, 0.25) is 5.91 Å². The molecule has 0 bridgehead atoms. The Balaban J connectivity index is 4.24. The summed E-state index contributed by atoms with van der Waals surface area (Å²) in [5, 5.41) is 24.7. The van der Waals surface area contributed by atoms with Crippen LogP contribution >= 0.6 is 7.82 Å². The van der Waals surface area contributed by atoms with E-state index in [1.807, 2.05) is 21.1 Å². The van der Waals surface area contributed by atoms with Crippen LogP contribution in [-0.2, 0) is 18.4 Å². The number of nitrogens with zero attached hydrogens (tertiary/aromatic N) is 1. The first kappa shape index (κ1) is 62.9. The fraction of sp³-hybridized carbons (Fsp3) is 0.764. The molecule has 65 heavy (non-hydrogen) atoms. The van der Waals surface area contributed by atoms with Crippen LogP contribution in [-0.4, -0.2) is 84.6 Å². The second kappa shape index (κ2) is 45.7. The van der Waals surface area contributed by atoms with Crippen molar-refractivity contribution in [3.8, 4) is 0 Å². The number of quaternary nitrogens is 1. The molecule has 0 aromatic heterocycles. The summed E-state index contributed by atoms with van der Waals surface area (Å²) in [6.45, 7) is 4.46. The predicted molar refractivity (Wildman–Crippen MR) is 278 cm³/mol. The molecule has 1 amide bonds. The second-order valence-corrected chi connectivity index (χ2v) is 20.5. The number of phosphoric ester groups is 1. The number of hydrogen-bond acceptors (Lipinski definition) is 6. The molecule has 4 atom stereocenters. The molecule has 0 saturated heterocycles. The molecule has 4 N–H and O–H groups in total. The van der Waals surface area contributed by atoms with E-state index in [0.29, 0.717) is 23.9 Å². The maximum Gasteiger partial charge on any atom is 0.472 e. The van der Waals surface area contributed by atoms with Gasteiger partial charge in [-0.05, 0) is 83.5 Å². The molecule has 0 radical (unpaired) electrons. The summed E-state index contributed by atoms with van der Waals surface area (Å²) < 4.78 is 23.6. The van der Waals surface area contributed by atoms with Gasteiger partial charge in [-0.1, -0.05) is 196 Å². The monoisotopic (exact) mass is 934 g/mol. The van der Waals surface area contributed by atoms with Gasteiger partial charge in [0.1, 0.15) is 19.3 Å². The minimum absolute atomic E-state index is 0.0138. The van der Waals surface area contributed by atoms with Gasteiger partial charge in [0.15, 0.2) is 0 Å². The molecule has 10 heteroatoms. The van der Waals surface area contributed by atoms with Crippen molar-refractivity contribution in [1.82, 2.24) is 5.32 Å². The fourth-order valence-corrected chi connectivity index (χ4v) is 8.08. The number of aliphatic hydroxyl groups is 2. The number of aliphatic hydroxyl groups excluding tert-OH is 2. The predicted octanol–water partition coefficient (Wildman–Crippen LogP) is 14.5. The van der Waals surface area contributed by atoms with Crippen LogP contribution in [0.4, 0.5) is 0 Å². The summed E-state index contributed by atoms with van der Waals surface area (Å²) in [5.74, 6) is -0.272. The van der Waals surface area contributed by atoms with Gasteiger partial charge in [-0.3, -0.25) is 13.8 Å². The van der Waals surface area contributed by atoms with Gasteiger partial charge in [-0.15, -0.1) is 0 Å². The Morgan fingerprint density at radius 3 is 1.42 bits per heavy atom. The second-order valence-electron chi connectivity index (χ2n) is 19.0. The van der Waals surface area contributed by atoms with Crippen molar-refractivity contribution in [2.24, 2.45) is 0 Å². The molecule has 9 nitrogen and oxygen atoms in total. The van der Waals surface area contributed by atoms with E-state index in [1.165, 1.54) is 109 Å². The summed E-state index contributed by atoms with van der Waals surface area (Å²) in [5.41, 5.74) is 0. The van der Waals surface area contributed by atoms with Gasteiger partial charge >= 0.3 is 7.82 Å². The molecular formula is C55H102N2O7P+. The molecule has 0 aromatic carbocycles. The summed E-state index contributed by atoms with van der Waals surface area (Å²) in [7, 11) is 1.41. The van der Waals surface area contributed by atoms with E-state index in [1.54, 1.807) is 0 Å². The van der Waals surface area contributed by atoms with Gasteiger partial charge < -0.3 is 24.9 Å². The summed E-state index contributed by atoms with van der Waals surface area (Å²) >= 11 is 0. The van der Waals surface area contributed by atoms with Gasteiger partial charge in [0.25, 0.3) is 0 Å². The Kier molecular flexibility index (Phi) is 44.2. The molecule has 0 fully saturated rings. The van der Waals surface area contributed by atoms with Crippen LogP contribution in [0.25, 0.3) is 0 Å². The lowest BCUT2D eigenvalue weighted by Crippen LogP contribution is -2.51. The van der Waals surface area contributed by atoms with E-state index in [0.717, 1.165) is 70.6 Å². The molecule has 0 heterocycles. The molecule has 0 saturated carbocycles. The highest BCUT2D eigenvalue weighted by molar-refractivity contribution is 7.47. The zero-order valence-electron chi connectivity index (χ0n) is 42.6. The van der Waals surface area contributed by atoms with E-state index in [-0.39, 0.29) is 18.9 Å². The Morgan fingerprint density at radius 2 is 0.954 bits per heavy atom. The number of amides is 1. The third-order valence-corrected chi connectivity index (χ3v) is 12.5. The Bertz CT molecular complexity index is 1300. The molecule has 0 aliphatic heterocycles. The minimum Gasteiger partial charge on any atom is -0.390 e. The third-order valence-electron chi connectivity index (χ3n) is 11.5. The molecule has 0 aliphatic rings. The Morgan fingerprint density at radius 1 is 0.554 bits per heavy atom. The van der Waals surface area contributed by atoms with Crippen molar-refractivity contribution in [2.45, 2.75) is 231 Å². The normalized spacial score (nSPS) is 15.1. The van der Waals surface area contributed by atoms with E-state index < -0.39 is 32.7 Å². The van der Waals surface area contributed by atoms with E-state index >= 15 is 0 Å². The fourth-order valence-electron chi connectivity index (χ4n) is 7.35. The quantitative estimate of drug-likeness (QED) is 0.0207. The zero-order valence-corrected chi connectivity index (χ0v) is 43.5. The van der Waals surface area contributed by atoms with E-state index in [4.69, 9.17) is 9.05 Å². The van der Waals surface area contributed by atoms with Crippen LogP contribution in [0, 0.1) is 0 Å². The number of likely N-dealkylation sites (N-methyl/N-ethyl adjacent to an activating group) is 1. The highest BCUT2D eigenvalue weighted by atomic mass is 31.2. The van der Waals surface area contributed by atoms with E-state index in [2.05, 4.69) is 92.1 Å². The van der Waals surface area contributed by atoms with Crippen molar-refractivity contribution < 1.29 is 38.0 Å². The molecule has 0 spiro atoms. The van der Waals surface area contributed by atoms with Crippen molar-refractivity contribution >= 4 is 13.7 Å². The first-order chi connectivity index (χ1) is 31.4. The van der Waals surface area contributed by atoms with Crippen LogP contribution in [0.3, 0.4) is 0 Å². The van der Waals surface area contributed by atoms with Crippen LogP contribution in [0.2, 0.25) is 0 Å². The zero-order chi connectivity index (χ0) is 48.0. The SMILES string of the molecule is CC/C=C\C/C=C\C/C=C\C/C=C\C/C=C\CCCCCCCCCCCCCCCC(=O)NC(COP(=O)(O)OCC[N+](C)(C)C)C(O)C(O)CCC/C=C/CCCCCCCCC. The maximum absolute atomic E-state index is 13.0. The number of carbonyl (C=O) groups excluding carboxylic acids is 1. The molecular weight excluding hydrogens is 832 g/mol. The van der Waals surface area contributed by atoms with Crippen molar-refractivity contribution in [3.05, 3.63) is 72.9 Å². The lowest BCUT2D eigenvalue weighted by atomic mass is 10.0. The lowest BCUT2D eigenvalue weighted by Gasteiger charge is -2.28. The smallest absolute Gasteiger partial charge is 0.390 e. The number of carbonyl (C=O) groups is 1. The minimum atomic E-state index is -4.43. The lowest BCUT2D eigenvalue weighted by molar-refractivity contribution is -0.870. The van der Waals surface area contributed by atoms with Crippen molar-refractivity contribution in [3.63, 3.8) is 0 Å². The standard InChI is InChI=1S/C55H101N2O7P/c1-6-8-10-12-14-16-18-20-21-22-23-24-25-26-27-28-29-30-31-32-33-34-35-36-38-40-42-44-46-48-54(59)56-52(51-64-65(61,62)63-50-49-57(3,4)5)55(60)53(58)47-45-43-41-39-37-19-17-15-13-11-9-7-2/h8,10,14,16,20-21,23-24,26-27,39,41,52-53,55,58,60H,6-7,9,11-13,15,17-19,22,25,28-38,40,42-51H2,1-5H3,(H-,56,59,61,62)/p+1/b10-8-,16-14-,21-20-,24-23-,27-26-,41-39+. The van der Waals surface area contributed by atoms with Crippen LogP contribution < -0.4 is 5.32 Å². The molecule has 0 aromatic rings. The number of nitrogens with one attached hydrogen (secondary N) is 1. The molecule has 378 valence electrons. The number of unbranched alkanes of at least 4 members (excludes halogenated alkanes) is 21. The molecule has 0 rings (SSSR count). The number of allylic oxidation sites excluding steroid dienone is 12. The first-order valence-electron chi connectivity index (χ1n) is 26.4. The first-order valence-corrected chi connectivity index (χ1v) is 27.9. The average Bonchev–Trinajstić information content (AvgIpc) is 3.26. The average molecular weight is 934 g/mol. The Labute approximate surface area is 400 Å². The van der Waals surface area contributed by atoms with Gasteiger partial charge in [0, 0.05) is 6.42 Å². The number of hydrogen-bond donors (Lipinski definition) is 4. The van der Waals surface area contributed by atoms with E-state index in [9.17, 15) is 24.5 Å². The third kappa shape index (κ3) is 46.8. The van der Waals surface area contributed by atoms with Gasteiger partial charge in [-0.2, -0.15) is 0 Å².